The molecule has 2 heterocycles. The Labute approximate surface area is 108 Å². The van der Waals surface area contributed by atoms with E-state index in [-0.39, 0.29) is 12.0 Å². The first-order chi connectivity index (χ1) is 8.47. The number of esters is 1. The second-order valence-corrected chi connectivity index (χ2v) is 5.59. The molecular weight excluding hydrogens is 228 g/mol. The summed E-state index contributed by atoms with van der Waals surface area (Å²) in [5, 5.41) is 0. The molecular formula is C14H20N2O2. The zero-order valence-electron chi connectivity index (χ0n) is 11.2. The van der Waals surface area contributed by atoms with Crippen LogP contribution >= 0.6 is 0 Å². The summed E-state index contributed by atoms with van der Waals surface area (Å²) in [5.41, 5.74) is 0.613. The fourth-order valence-corrected chi connectivity index (χ4v) is 2.23. The third-order valence-electron chi connectivity index (χ3n) is 2.93. The number of nitrogens with zero attached hydrogens (tertiary/aromatic N) is 2. The van der Waals surface area contributed by atoms with E-state index in [4.69, 9.17) is 4.74 Å². The molecule has 0 aliphatic carbocycles. The monoisotopic (exact) mass is 248 g/mol. The van der Waals surface area contributed by atoms with Crippen LogP contribution in [0.4, 0.5) is 5.69 Å². The van der Waals surface area contributed by atoms with Crippen molar-refractivity contribution in [1.82, 2.24) is 4.98 Å². The van der Waals surface area contributed by atoms with Crippen LogP contribution in [0.25, 0.3) is 0 Å². The van der Waals surface area contributed by atoms with Crippen molar-refractivity contribution >= 4 is 11.7 Å². The summed E-state index contributed by atoms with van der Waals surface area (Å²) in [6.45, 7) is 6.60. The number of hydrogen-bond donors (Lipinski definition) is 0. The Bertz CT molecular complexity index is 412. The van der Waals surface area contributed by atoms with Gasteiger partial charge in [-0.3, -0.25) is 4.98 Å². The number of carbonyl (C=O) groups is 1. The zero-order chi connectivity index (χ0) is 13.2. The Hall–Kier alpha value is -1.58. The fraction of sp³-hybridized carbons (Fsp3) is 0.571. The molecule has 4 heteroatoms. The molecule has 18 heavy (non-hydrogen) atoms. The average molecular weight is 248 g/mol. The van der Waals surface area contributed by atoms with Crippen molar-refractivity contribution < 1.29 is 9.53 Å². The predicted molar refractivity (Wildman–Crippen MR) is 70.5 cm³/mol. The molecule has 1 aliphatic rings. The van der Waals surface area contributed by atoms with Crippen LogP contribution in [0.2, 0.25) is 0 Å². The predicted octanol–water partition coefficient (Wildman–Crippen LogP) is 2.39. The molecule has 1 aromatic rings. The molecule has 0 bridgehead atoms. The maximum atomic E-state index is 12.2. The van der Waals surface area contributed by atoms with E-state index in [1.165, 1.54) is 0 Å². The summed E-state index contributed by atoms with van der Waals surface area (Å²) in [5.74, 6) is -0.128. The number of aromatic nitrogens is 1. The molecule has 1 fully saturated rings. The summed E-state index contributed by atoms with van der Waals surface area (Å²) in [4.78, 5) is 18.3. The van der Waals surface area contributed by atoms with Crippen molar-refractivity contribution in [3.63, 3.8) is 0 Å². The lowest BCUT2D eigenvalue weighted by Crippen LogP contribution is -2.40. The van der Waals surface area contributed by atoms with Crippen molar-refractivity contribution in [1.29, 1.82) is 0 Å². The maximum absolute atomic E-state index is 12.2. The van der Waals surface area contributed by atoms with E-state index >= 15 is 0 Å². The Morgan fingerprint density at radius 2 is 2.06 bits per heavy atom. The first kappa shape index (κ1) is 12.9. The van der Waals surface area contributed by atoms with Crippen LogP contribution in [0.5, 0.6) is 0 Å². The normalized spacial score (nSPS) is 19.9. The van der Waals surface area contributed by atoms with Gasteiger partial charge in [0.15, 0.2) is 0 Å². The van der Waals surface area contributed by atoms with Gasteiger partial charge in [0.25, 0.3) is 0 Å². The van der Waals surface area contributed by atoms with Crippen LogP contribution in [0.1, 0.15) is 33.6 Å². The lowest BCUT2D eigenvalue weighted by Gasteiger charge is -2.28. The highest BCUT2D eigenvalue weighted by Gasteiger charge is 2.34. The summed E-state index contributed by atoms with van der Waals surface area (Å²) in [6.07, 6.45) is 5.38. The highest BCUT2D eigenvalue weighted by Crippen LogP contribution is 2.26. The van der Waals surface area contributed by atoms with E-state index < -0.39 is 5.60 Å². The molecule has 1 aromatic heterocycles. The van der Waals surface area contributed by atoms with Gasteiger partial charge in [-0.05, 0) is 45.7 Å². The van der Waals surface area contributed by atoms with E-state index in [1.807, 2.05) is 32.9 Å². The van der Waals surface area contributed by atoms with Crippen LogP contribution in [-0.4, -0.2) is 29.1 Å². The van der Waals surface area contributed by atoms with Crippen LogP contribution < -0.4 is 4.90 Å². The Morgan fingerprint density at radius 3 is 2.67 bits per heavy atom. The molecule has 0 aromatic carbocycles. The highest BCUT2D eigenvalue weighted by molar-refractivity contribution is 5.81. The third-order valence-corrected chi connectivity index (χ3v) is 2.93. The van der Waals surface area contributed by atoms with Gasteiger partial charge in [0.2, 0.25) is 0 Å². The zero-order valence-corrected chi connectivity index (χ0v) is 11.2. The van der Waals surface area contributed by atoms with E-state index in [9.17, 15) is 4.79 Å². The molecule has 0 N–H and O–H groups in total. The average Bonchev–Trinajstić information content (AvgIpc) is 2.76. The highest BCUT2D eigenvalue weighted by atomic mass is 16.6. The van der Waals surface area contributed by atoms with Gasteiger partial charge in [-0.25, -0.2) is 4.79 Å². The van der Waals surface area contributed by atoms with Crippen molar-refractivity contribution in [2.45, 2.75) is 45.3 Å². The molecule has 2 rings (SSSR count). The van der Waals surface area contributed by atoms with E-state index in [1.54, 1.807) is 12.4 Å². The maximum Gasteiger partial charge on any atom is 0.329 e. The van der Waals surface area contributed by atoms with Gasteiger partial charge in [-0.2, -0.15) is 0 Å². The van der Waals surface area contributed by atoms with Gasteiger partial charge >= 0.3 is 5.97 Å². The van der Waals surface area contributed by atoms with Gasteiger partial charge in [-0.1, -0.05) is 0 Å². The lowest BCUT2D eigenvalue weighted by atomic mass is 10.1. The minimum atomic E-state index is -0.427. The Balaban J connectivity index is 2.11. The molecule has 4 nitrogen and oxygen atoms in total. The lowest BCUT2D eigenvalue weighted by molar-refractivity contribution is -0.156. The molecule has 0 saturated carbocycles. The first-order valence-electron chi connectivity index (χ1n) is 6.37. The Kier molecular flexibility index (Phi) is 3.55. The molecule has 0 unspecified atom stereocenters. The van der Waals surface area contributed by atoms with Crippen molar-refractivity contribution in [3.8, 4) is 0 Å². The smallest absolute Gasteiger partial charge is 0.329 e. The van der Waals surface area contributed by atoms with Crippen LogP contribution in [-0.2, 0) is 9.53 Å². The van der Waals surface area contributed by atoms with Crippen molar-refractivity contribution in [3.05, 3.63) is 24.5 Å². The van der Waals surface area contributed by atoms with Crippen molar-refractivity contribution in [2.75, 3.05) is 11.4 Å². The first-order valence-corrected chi connectivity index (χ1v) is 6.37. The standard InChI is InChI=1S/C14H20N2O2/c1-14(2,3)18-13(17)12-5-4-10-16(12)11-6-8-15-9-7-11/h6-9,12H,4-5,10H2,1-3H3/t12-/m0/s1. The summed E-state index contributed by atoms with van der Waals surface area (Å²) >= 11 is 0. The second kappa shape index (κ2) is 4.96. The van der Waals surface area contributed by atoms with Gasteiger partial charge in [0.1, 0.15) is 11.6 Å². The van der Waals surface area contributed by atoms with Gasteiger partial charge in [0.05, 0.1) is 0 Å². The quantitative estimate of drug-likeness (QED) is 0.754. The number of anilines is 1. The molecule has 0 radical (unpaired) electrons. The minimum Gasteiger partial charge on any atom is -0.458 e. The van der Waals surface area contributed by atoms with Gasteiger partial charge in [0, 0.05) is 24.6 Å². The van der Waals surface area contributed by atoms with Crippen molar-refractivity contribution in [2.24, 2.45) is 0 Å². The molecule has 1 aliphatic heterocycles. The molecule has 1 saturated heterocycles. The summed E-state index contributed by atoms with van der Waals surface area (Å²) < 4.78 is 5.48. The number of ether oxygens (including phenoxy) is 1. The number of hydrogen-bond acceptors (Lipinski definition) is 4. The molecule has 0 spiro atoms. The SMILES string of the molecule is CC(C)(C)OC(=O)[C@@H]1CCCN1c1ccncc1. The number of pyridine rings is 1. The minimum absolute atomic E-state index is 0.128. The Morgan fingerprint density at radius 1 is 1.39 bits per heavy atom. The molecule has 98 valence electrons. The largest absolute Gasteiger partial charge is 0.458 e. The van der Waals surface area contributed by atoms with E-state index in [2.05, 4.69) is 9.88 Å². The van der Waals surface area contributed by atoms with E-state index in [0.29, 0.717) is 0 Å². The number of carbonyl (C=O) groups excluding carboxylic acids is 1. The fourth-order valence-electron chi connectivity index (χ4n) is 2.23. The van der Waals surface area contributed by atoms with Crippen LogP contribution in [0.15, 0.2) is 24.5 Å². The van der Waals surface area contributed by atoms with Gasteiger partial charge in [-0.15, -0.1) is 0 Å². The van der Waals surface area contributed by atoms with Gasteiger partial charge < -0.3 is 9.64 Å². The molecule has 0 amide bonds. The second-order valence-electron chi connectivity index (χ2n) is 5.59. The topological polar surface area (TPSA) is 42.4 Å². The summed E-state index contributed by atoms with van der Waals surface area (Å²) in [6, 6.07) is 3.71. The number of rotatable bonds is 2. The van der Waals surface area contributed by atoms with E-state index in [0.717, 1.165) is 25.1 Å². The van der Waals surface area contributed by atoms with Crippen LogP contribution in [0, 0.1) is 0 Å². The third kappa shape index (κ3) is 3.00. The molecule has 1 atom stereocenters. The summed E-state index contributed by atoms with van der Waals surface area (Å²) in [7, 11) is 0. The van der Waals surface area contributed by atoms with Crippen LogP contribution in [0.3, 0.4) is 0 Å².